The summed E-state index contributed by atoms with van der Waals surface area (Å²) < 4.78 is 10.8. The Bertz CT molecular complexity index is 237. The van der Waals surface area contributed by atoms with E-state index < -0.39 is 0 Å². The zero-order valence-corrected chi connectivity index (χ0v) is 7.98. The van der Waals surface area contributed by atoms with Crippen LogP contribution in [0.5, 0.6) is 0 Å². The summed E-state index contributed by atoms with van der Waals surface area (Å²) in [6, 6.07) is 3.79. The fraction of sp³-hybridized carbons (Fsp3) is 0.500. The van der Waals surface area contributed by atoms with Gasteiger partial charge in [-0.3, -0.25) is 0 Å². The number of ether oxygens (including phenoxy) is 1. The number of alkyl halides is 1. The lowest BCUT2D eigenvalue weighted by Gasteiger charge is -2.06. The summed E-state index contributed by atoms with van der Waals surface area (Å²) in [5.41, 5.74) is 0.0451. The Kier molecular flexibility index (Phi) is 2.63. The first-order chi connectivity index (χ1) is 5.90. The van der Waals surface area contributed by atoms with Crippen LogP contribution in [0.15, 0.2) is 22.8 Å². The zero-order chi connectivity index (χ0) is 8.39. The lowest BCUT2D eigenvalue weighted by molar-refractivity contribution is 0.0690. The van der Waals surface area contributed by atoms with Crippen molar-refractivity contribution in [3.8, 4) is 0 Å². The van der Waals surface area contributed by atoms with E-state index >= 15 is 0 Å². The molecular weight excluding hydrogens is 196 g/mol. The summed E-state index contributed by atoms with van der Waals surface area (Å²) in [4.78, 5) is 0. The van der Waals surface area contributed by atoms with Crippen molar-refractivity contribution in [1.82, 2.24) is 0 Å². The Labute approximate surface area is 80.2 Å². The molecule has 0 aromatic carbocycles. The Morgan fingerprint density at radius 3 is 3.17 bits per heavy atom. The van der Waals surface area contributed by atoms with Crippen LogP contribution >= 0.6 is 23.4 Å². The van der Waals surface area contributed by atoms with Gasteiger partial charge >= 0.3 is 0 Å². The second-order valence-corrected chi connectivity index (χ2v) is 4.00. The normalized spacial score (nSPS) is 29.4. The van der Waals surface area contributed by atoms with Crippen molar-refractivity contribution in [3.05, 3.63) is 24.2 Å². The molecule has 12 heavy (non-hydrogen) atoms. The number of rotatable bonds is 2. The van der Waals surface area contributed by atoms with E-state index in [4.69, 9.17) is 20.8 Å². The maximum absolute atomic E-state index is 5.67. The summed E-state index contributed by atoms with van der Waals surface area (Å²) in [7, 11) is 0. The van der Waals surface area contributed by atoms with Crippen LogP contribution in [0.2, 0.25) is 0 Å². The molecule has 1 aliphatic rings. The van der Waals surface area contributed by atoms with E-state index in [0.29, 0.717) is 5.88 Å². The van der Waals surface area contributed by atoms with Gasteiger partial charge in [-0.05, 0) is 12.1 Å². The third kappa shape index (κ3) is 1.63. The molecule has 0 spiro atoms. The first-order valence-corrected chi connectivity index (χ1v) is 5.35. The van der Waals surface area contributed by atoms with Gasteiger partial charge < -0.3 is 9.15 Å². The Hall–Kier alpha value is -0.120. The van der Waals surface area contributed by atoms with Gasteiger partial charge in [-0.15, -0.1) is 23.4 Å². The average Bonchev–Trinajstić information content (AvgIpc) is 2.75. The monoisotopic (exact) mass is 204 g/mol. The minimum atomic E-state index is 0.0451. The van der Waals surface area contributed by atoms with Crippen molar-refractivity contribution >= 4 is 23.4 Å². The van der Waals surface area contributed by atoms with Crippen LogP contribution in [-0.4, -0.2) is 17.7 Å². The van der Waals surface area contributed by atoms with Crippen LogP contribution in [0.1, 0.15) is 11.2 Å². The van der Waals surface area contributed by atoms with Crippen LogP contribution in [0, 0.1) is 0 Å². The molecule has 1 saturated heterocycles. The summed E-state index contributed by atoms with van der Waals surface area (Å²) in [5.74, 6) is 2.40. The molecule has 66 valence electrons. The summed E-state index contributed by atoms with van der Waals surface area (Å²) >= 11 is 7.40. The van der Waals surface area contributed by atoms with Crippen LogP contribution in [-0.2, 0) is 4.74 Å². The van der Waals surface area contributed by atoms with Crippen molar-refractivity contribution in [3.63, 3.8) is 0 Å². The maximum atomic E-state index is 5.67. The van der Waals surface area contributed by atoms with E-state index in [2.05, 4.69) is 0 Å². The van der Waals surface area contributed by atoms with Crippen molar-refractivity contribution in [2.24, 2.45) is 0 Å². The van der Waals surface area contributed by atoms with E-state index in [0.717, 1.165) is 11.5 Å². The van der Waals surface area contributed by atoms with E-state index in [1.807, 2.05) is 12.1 Å². The highest BCUT2D eigenvalue weighted by Gasteiger charge is 2.27. The molecule has 0 saturated carbocycles. The molecule has 0 amide bonds. The number of thioether (sulfide) groups is 1. The topological polar surface area (TPSA) is 22.4 Å². The minimum absolute atomic E-state index is 0.0451. The molecule has 4 heteroatoms. The Morgan fingerprint density at radius 1 is 1.67 bits per heavy atom. The van der Waals surface area contributed by atoms with Crippen LogP contribution in [0.25, 0.3) is 0 Å². The predicted octanol–water partition coefficient (Wildman–Crippen LogP) is 2.65. The van der Waals surface area contributed by atoms with Gasteiger partial charge in [0, 0.05) is 11.6 Å². The molecule has 1 aromatic heterocycles. The van der Waals surface area contributed by atoms with Crippen LogP contribution in [0.3, 0.4) is 0 Å². The van der Waals surface area contributed by atoms with Gasteiger partial charge in [0.15, 0.2) is 5.44 Å². The molecule has 0 unspecified atom stereocenters. The molecular formula is C8H9ClO2S. The predicted molar refractivity (Wildman–Crippen MR) is 49.5 cm³/mol. The van der Waals surface area contributed by atoms with Crippen LogP contribution in [0.4, 0.5) is 0 Å². The number of furan rings is 1. The number of hydrogen-bond acceptors (Lipinski definition) is 3. The SMILES string of the molecule is ClC[C@@H]1CS[C@@H](c2ccco2)O1. The van der Waals surface area contributed by atoms with E-state index in [1.165, 1.54) is 0 Å². The summed E-state index contributed by atoms with van der Waals surface area (Å²) in [6.45, 7) is 0. The van der Waals surface area contributed by atoms with Crippen molar-refractivity contribution < 1.29 is 9.15 Å². The highest BCUT2D eigenvalue weighted by atomic mass is 35.5. The molecule has 0 radical (unpaired) electrons. The highest BCUT2D eigenvalue weighted by molar-refractivity contribution is 7.99. The van der Waals surface area contributed by atoms with Gasteiger partial charge in [-0.25, -0.2) is 0 Å². The highest BCUT2D eigenvalue weighted by Crippen LogP contribution is 2.38. The zero-order valence-electron chi connectivity index (χ0n) is 6.40. The van der Waals surface area contributed by atoms with Crippen molar-refractivity contribution in [1.29, 1.82) is 0 Å². The fourth-order valence-electron chi connectivity index (χ4n) is 1.10. The quantitative estimate of drug-likeness (QED) is 0.692. The number of halogens is 1. The Morgan fingerprint density at radius 2 is 2.58 bits per heavy atom. The lowest BCUT2D eigenvalue weighted by Crippen LogP contribution is -2.10. The standard InChI is InChI=1S/C8H9ClO2S/c9-4-6-5-12-8(11-6)7-2-1-3-10-7/h1-3,6,8H,4-5H2/t6-,8+/m1/s1. The molecule has 2 heterocycles. The van der Waals surface area contributed by atoms with Gasteiger partial charge in [-0.2, -0.15) is 0 Å². The van der Waals surface area contributed by atoms with Crippen LogP contribution < -0.4 is 0 Å². The van der Waals surface area contributed by atoms with Crippen molar-refractivity contribution in [2.45, 2.75) is 11.5 Å². The molecule has 1 aliphatic heterocycles. The van der Waals surface area contributed by atoms with Gasteiger partial charge in [0.1, 0.15) is 5.76 Å². The second-order valence-electron chi connectivity index (χ2n) is 2.59. The molecule has 1 aromatic rings. The molecule has 0 N–H and O–H groups in total. The molecule has 2 rings (SSSR count). The molecule has 0 aliphatic carbocycles. The third-order valence-corrected chi connectivity index (χ3v) is 3.25. The first-order valence-electron chi connectivity index (χ1n) is 3.76. The third-order valence-electron chi connectivity index (χ3n) is 1.70. The van der Waals surface area contributed by atoms with E-state index in [9.17, 15) is 0 Å². The lowest BCUT2D eigenvalue weighted by atomic mass is 10.4. The van der Waals surface area contributed by atoms with E-state index in [1.54, 1.807) is 18.0 Å². The summed E-state index contributed by atoms with van der Waals surface area (Å²) in [6.07, 6.45) is 1.83. The van der Waals surface area contributed by atoms with Gasteiger partial charge in [-0.1, -0.05) is 0 Å². The molecule has 0 bridgehead atoms. The second kappa shape index (κ2) is 3.73. The smallest absolute Gasteiger partial charge is 0.161 e. The molecule has 2 atom stereocenters. The average molecular weight is 205 g/mol. The minimum Gasteiger partial charge on any atom is -0.466 e. The van der Waals surface area contributed by atoms with E-state index in [-0.39, 0.29) is 11.5 Å². The first kappa shape index (κ1) is 8.48. The maximum Gasteiger partial charge on any atom is 0.161 e. The van der Waals surface area contributed by atoms with Gasteiger partial charge in [0.25, 0.3) is 0 Å². The Balaban J connectivity index is 2.00. The van der Waals surface area contributed by atoms with Gasteiger partial charge in [0.05, 0.1) is 12.4 Å². The number of hydrogen-bond donors (Lipinski definition) is 0. The fourth-order valence-corrected chi connectivity index (χ4v) is 2.53. The molecule has 1 fully saturated rings. The van der Waals surface area contributed by atoms with Crippen molar-refractivity contribution in [2.75, 3.05) is 11.6 Å². The summed E-state index contributed by atoms with van der Waals surface area (Å²) in [5, 5.41) is 0. The van der Waals surface area contributed by atoms with Gasteiger partial charge in [0.2, 0.25) is 0 Å². The molecule has 2 nitrogen and oxygen atoms in total. The largest absolute Gasteiger partial charge is 0.466 e.